The normalized spacial score (nSPS) is 14.4. The molecule has 1 aliphatic heterocycles. The predicted molar refractivity (Wildman–Crippen MR) is 121 cm³/mol. The largest absolute Gasteiger partial charge is 0.454 e. The van der Waals surface area contributed by atoms with Crippen molar-refractivity contribution in [2.75, 3.05) is 6.61 Å². The van der Waals surface area contributed by atoms with E-state index in [-0.39, 0.29) is 11.1 Å². The van der Waals surface area contributed by atoms with Crippen LogP contribution >= 0.6 is 11.3 Å². The summed E-state index contributed by atoms with van der Waals surface area (Å²) in [6.45, 7) is 3.36. The Bertz CT molecular complexity index is 1270. The van der Waals surface area contributed by atoms with Crippen molar-refractivity contribution in [2.24, 2.45) is 4.99 Å². The van der Waals surface area contributed by atoms with E-state index in [0.717, 1.165) is 16.0 Å². The van der Waals surface area contributed by atoms with Crippen LogP contribution in [0.15, 0.2) is 65.1 Å². The van der Waals surface area contributed by atoms with E-state index in [1.807, 2.05) is 47.3 Å². The highest BCUT2D eigenvalue weighted by Gasteiger charge is 2.41. The van der Waals surface area contributed by atoms with Crippen LogP contribution in [0.5, 0.6) is 0 Å². The number of esters is 1. The van der Waals surface area contributed by atoms with E-state index < -0.39 is 36.3 Å². The third-order valence-corrected chi connectivity index (χ3v) is 6.04. The lowest BCUT2D eigenvalue weighted by atomic mass is 10.1. The fourth-order valence-electron chi connectivity index (χ4n) is 3.45. The maximum Gasteiger partial charge on any atom is 0.329 e. The van der Waals surface area contributed by atoms with Crippen LogP contribution < -0.4 is 4.80 Å². The molecule has 1 unspecified atom stereocenters. The van der Waals surface area contributed by atoms with Gasteiger partial charge in [0, 0.05) is 18.1 Å². The zero-order valence-corrected chi connectivity index (χ0v) is 18.9. The number of nitrogens with zero attached hydrogens (tertiary/aromatic N) is 3. The SMILES string of the molecule is Cc1ccc(Cn2ccsc2=NC(=O)COC(=O)C(C)N2C(=O)c3ccccc3C2=O)cc1. The van der Waals surface area contributed by atoms with E-state index in [0.29, 0.717) is 11.3 Å². The summed E-state index contributed by atoms with van der Waals surface area (Å²) >= 11 is 1.29. The van der Waals surface area contributed by atoms with E-state index in [9.17, 15) is 19.2 Å². The van der Waals surface area contributed by atoms with Gasteiger partial charge in [0.25, 0.3) is 17.7 Å². The van der Waals surface area contributed by atoms with Gasteiger partial charge in [0.05, 0.1) is 11.1 Å². The highest BCUT2D eigenvalue weighted by molar-refractivity contribution is 7.07. The quantitative estimate of drug-likeness (QED) is 0.413. The number of aryl methyl sites for hydroxylation is 1. The average Bonchev–Trinajstić information content (AvgIpc) is 3.35. The summed E-state index contributed by atoms with van der Waals surface area (Å²) in [5.74, 6) is -2.62. The van der Waals surface area contributed by atoms with Crippen LogP contribution in [0.4, 0.5) is 0 Å². The van der Waals surface area contributed by atoms with Crippen LogP contribution in [0, 0.1) is 6.92 Å². The smallest absolute Gasteiger partial charge is 0.329 e. The standard InChI is InChI=1S/C24H21N3O5S/c1-15-7-9-17(10-8-15)13-26-11-12-33-24(26)25-20(28)14-32-23(31)16(2)27-21(29)18-5-3-4-6-19(18)22(27)30/h3-12,16H,13-14H2,1-2H3. The number of hydrogen-bond acceptors (Lipinski definition) is 6. The molecule has 9 heteroatoms. The second kappa shape index (κ2) is 9.33. The first kappa shape index (κ1) is 22.3. The van der Waals surface area contributed by atoms with E-state index in [2.05, 4.69) is 4.99 Å². The molecule has 2 aromatic carbocycles. The van der Waals surface area contributed by atoms with Crippen molar-refractivity contribution in [3.05, 3.63) is 87.2 Å². The first-order valence-corrected chi connectivity index (χ1v) is 11.1. The number of hydrogen-bond donors (Lipinski definition) is 0. The lowest BCUT2D eigenvalue weighted by Crippen LogP contribution is -2.44. The van der Waals surface area contributed by atoms with Gasteiger partial charge in [0.1, 0.15) is 6.04 Å². The molecule has 4 rings (SSSR count). The molecule has 0 fully saturated rings. The summed E-state index contributed by atoms with van der Waals surface area (Å²) in [5.41, 5.74) is 2.70. The third-order valence-electron chi connectivity index (χ3n) is 5.25. The van der Waals surface area contributed by atoms with Crippen LogP contribution in [0.3, 0.4) is 0 Å². The summed E-state index contributed by atoms with van der Waals surface area (Å²) in [5, 5.41) is 1.82. The number of rotatable bonds is 6. The molecule has 0 radical (unpaired) electrons. The Morgan fingerprint density at radius 2 is 1.67 bits per heavy atom. The first-order valence-electron chi connectivity index (χ1n) is 10.3. The predicted octanol–water partition coefficient (Wildman–Crippen LogP) is 2.56. The van der Waals surface area contributed by atoms with Gasteiger partial charge in [-0.3, -0.25) is 19.3 Å². The summed E-state index contributed by atoms with van der Waals surface area (Å²) in [7, 11) is 0. The number of aromatic nitrogens is 1. The van der Waals surface area contributed by atoms with E-state index >= 15 is 0 Å². The molecule has 1 atom stereocenters. The maximum atomic E-state index is 12.5. The van der Waals surface area contributed by atoms with Gasteiger partial charge < -0.3 is 9.30 Å². The number of imide groups is 1. The zero-order valence-electron chi connectivity index (χ0n) is 18.1. The maximum absolute atomic E-state index is 12.5. The lowest BCUT2D eigenvalue weighted by Gasteiger charge is -2.20. The Balaban J connectivity index is 1.39. The fraction of sp³-hybridized carbons (Fsp3) is 0.208. The van der Waals surface area contributed by atoms with Gasteiger partial charge in [0.2, 0.25) is 0 Å². The molecule has 0 N–H and O–H groups in total. The number of amides is 3. The second-order valence-electron chi connectivity index (χ2n) is 7.61. The van der Waals surface area contributed by atoms with Crippen molar-refractivity contribution < 1.29 is 23.9 Å². The van der Waals surface area contributed by atoms with Gasteiger partial charge in [-0.15, -0.1) is 11.3 Å². The molecular formula is C24H21N3O5S. The Kier molecular flexibility index (Phi) is 6.32. The van der Waals surface area contributed by atoms with Crippen molar-refractivity contribution in [1.29, 1.82) is 0 Å². The average molecular weight is 464 g/mol. The monoisotopic (exact) mass is 463 g/mol. The molecule has 33 heavy (non-hydrogen) atoms. The Hall–Kier alpha value is -3.85. The van der Waals surface area contributed by atoms with Gasteiger partial charge in [-0.2, -0.15) is 4.99 Å². The van der Waals surface area contributed by atoms with Crippen molar-refractivity contribution in [1.82, 2.24) is 9.47 Å². The molecule has 8 nitrogen and oxygen atoms in total. The molecule has 3 amide bonds. The molecule has 0 saturated heterocycles. The molecule has 2 heterocycles. The highest BCUT2D eigenvalue weighted by atomic mass is 32.1. The number of carbonyl (C=O) groups excluding carboxylic acids is 4. The minimum absolute atomic E-state index is 0.240. The molecule has 1 aromatic heterocycles. The minimum Gasteiger partial charge on any atom is -0.454 e. The lowest BCUT2D eigenvalue weighted by molar-refractivity contribution is -0.151. The Morgan fingerprint density at radius 1 is 1.03 bits per heavy atom. The summed E-state index contributed by atoms with van der Waals surface area (Å²) in [6.07, 6.45) is 1.83. The number of benzene rings is 2. The van der Waals surface area contributed by atoms with Gasteiger partial charge in [-0.1, -0.05) is 42.0 Å². The minimum atomic E-state index is -1.17. The molecule has 3 aromatic rings. The van der Waals surface area contributed by atoms with Gasteiger partial charge in [-0.05, 0) is 31.5 Å². The molecule has 0 saturated carbocycles. The van der Waals surface area contributed by atoms with Gasteiger partial charge in [-0.25, -0.2) is 4.79 Å². The Morgan fingerprint density at radius 3 is 2.30 bits per heavy atom. The van der Waals surface area contributed by atoms with Crippen molar-refractivity contribution in [2.45, 2.75) is 26.4 Å². The number of thiazole rings is 1. The zero-order chi connectivity index (χ0) is 23.5. The van der Waals surface area contributed by atoms with Gasteiger partial charge in [0.15, 0.2) is 11.4 Å². The fourth-order valence-corrected chi connectivity index (χ4v) is 4.20. The summed E-state index contributed by atoms with van der Waals surface area (Å²) < 4.78 is 6.89. The molecule has 0 bridgehead atoms. The van der Waals surface area contributed by atoms with E-state index in [4.69, 9.17) is 4.74 Å². The topological polar surface area (TPSA) is 98.0 Å². The van der Waals surface area contributed by atoms with Gasteiger partial charge >= 0.3 is 5.97 Å². The molecular weight excluding hydrogens is 442 g/mol. The number of ether oxygens (including phenoxy) is 1. The van der Waals surface area contributed by atoms with Crippen LogP contribution in [0.2, 0.25) is 0 Å². The van der Waals surface area contributed by atoms with E-state index in [1.54, 1.807) is 12.1 Å². The van der Waals surface area contributed by atoms with Crippen molar-refractivity contribution in [3.8, 4) is 0 Å². The number of carbonyl (C=O) groups is 4. The number of fused-ring (bicyclic) bond motifs is 1. The Labute approximate surface area is 193 Å². The van der Waals surface area contributed by atoms with Crippen LogP contribution in [0.25, 0.3) is 0 Å². The summed E-state index contributed by atoms with van der Waals surface area (Å²) in [6, 6.07) is 13.2. The van der Waals surface area contributed by atoms with Crippen LogP contribution in [-0.2, 0) is 20.9 Å². The molecule has 0 aliphatic carbocycles. The van der Waals surface area contributed by atoms with E-state index in [1.165, 1.54) is 30.4 Å². The molecule has 0 spiro atoms. The van der Waals surface area contributed by atoms with Crippen LogP contribution in [-0.4, -0.2) is 45.8 Å². The molecule has 168 valence electrons. The summed E-state index contributed by atoms with van der Waals surface area (Å²) in [4.78, 5) is 55.2. The second-order valence-corrected chi connectivity index (χ2v) is 8.49. The van der Waals surface area contributed by atoms with Crippen molar-refractivity contribution in [3.63, 3.8) is 0 Å². The van der Waals surface area contributed by atoms with Crippen molar-refractivity contribution >= 4 is 35.0 Å². The highest BCUT2D eigenvalue weighted by Crippen LogP contribution is 2.24. The van der Waals surface area contributed by atoms with Crippen LogP contribution in [0.1, 0.15) is 38.8 Å². The third kappa shape index (κ3) is 4.68. The first-order chi connectivity index (χ1) is 15.8. The molecule has 1 aliphatic rings.